The molecule has 1 heterocycles. The van der Waals surface area contributed by atoms with Gasteiger partial charge in [-0.25, -0.2) is 0 Å². The predicted octanol–water partition coefficient (Wildman–Crippen LogP) is 1.83. The number of esters is 1. The Morgan fingerprint density at radius 3 is 2.53 bits per heavy atom. The molecule has 1 fully saturated rings. The molecule has 1 aliphatic rings. The molecule has 1 N–H and O–H groups in total. The minimum absolute atomic E-state index is 0.299. The van der Waals surface area contributed by atoms with Gasteiger partial charge in [-0.1, -0.05) is 0 Å². The zero-order chi connectivity index (χ0) is 11.7. The first kappa shape index (κ1) is 12.8. The van der Waals surface area contributed by atoms with Crippen molar-refractivity contribution in [3.05, 3.63) is 0 Å². The molecule has 0 aromatic rings. The van der Waals surface area contributed by atoms with E-state index in [0.717, 1.165) is 5.75 Å². The van der Waals surface area contributed by atoms with Crippen LogP contribution in [-0.2, 0) is 9.53 Å². The molecule has 0 aromatic heterocycles. The van der Waals surface area contributed by atoms with Crippen LogP contribution in [0, 0.1) is 5.92 Å². The number of rotatable bonds is 2. The second kappa shape index (κ2) is 4.34. The summed E-state index contributed by atoms with van der Waals surface area (Å²) < 4.78 is 5.27. The largest absolute Gasteiger partial charge is 0.460 e. The summed E-state index contributed by atoms with van der Waals surface area (Å²) in [6.45, 7) is 7.27. The molecule has 0 radical (unpaired) electrons. The highest BCUT2D eigenvalue weighted by Crippen LogP contribution is 2.35. The average Bonchev–Trinajstić information content (AvgIpc) is 2.49. The summed E-state index contributed by atoms with van der Waals surface area (Å²) in [4.78, 5) is 11.8. The molecule has 0 aliphatic carbocycles. The fourth-order valence-electron chi connectivity index (χ4n) is 1.52. The molecular weight excluding hydrogens is 212 g/mol. The van der Waals surface area contributed by atoms with Gasteiger partial charge in [-0.3, -0.25) is 4.79 Å². The molecule has 1 rings (SSSR count). The lowest BCUT2D eigenvalue weighted by atomic mass is 9.88. The van der Waals surface area contributed by atoms with Crippen LogP contribution >= 0.6 is 11.8 Å². The van der Waals surface area contributed by atoms with E-state index in [-0.39, 0.29) is 5.97 Å². The van der Waals surface area contributed by atoms with Crippen LogP contribution in [0.3, 0.4) is 0 Å². The van der Waals surface area contributed by atoms with E-state index in [1.54, 1.807) is 18.7 Å². The van der Waals surface area contributed by atoms with Crippen molar-refractivity contribution in [1.29, 1.82) is 0 Å². The van der Waals surface area contributed by atoms with Crippen LogP contribution in [0.5, 0.6) is 0 Å². The van der Waals surface area contributed by atoms with Crippen LogP contribution in [0.1, 0.15) is 34.1 Å². The van der Waals surface area contributed by atoms with E-state index in [1.807, 2.05) is 20.8 Å². The monoisotopic (exact) mass is 232 g/mol. The normalized spacial score (nSPS) is 28.9. The number of thioether (sulfide) groups is 1. The minimum Gasteiger partial charge on any atom is -0.460 e. The first-order chi connectivity index (χ1) is 6.75. The predicted molar refractivity (Wildman–Crippen MR) is 61.9 cm³/mol. The Bertz CT molecular complexity index is 239. The number of ether oxygens (including phenoxy) is 1. The lowest BCUT2D eigenvalue weighted by Crippen LogP contribution is -2.43. The average molecular weight is 232 g/mol. The molecule has 1 saturated heterocycles. The zero-order valence-electron chi connectivity index (χ0n) is 9.87. The molecule has 2 atom stereocenters. The van der Waals surface area contributed by atoms with Gasteiger partial charge < -0.3 is 9.84 Å². The summed E-state index contributed by atoms with van der Waals surface area (Å²) in [6, 6.07) is 0. The molecule has 0 aromatic carbocycles. The van der Waals surface area contributed by atoms with Crippen molar-refractivity contribution in [2.24, 2.45) is 5.92 Å². The minimum atomic E-state index is -0.868. The molecule has 3 nitrogen and oxygen atoms in total. The van der Waals surface area contributed by atoms with E-state index < -0.39 is 17.1 Å². The summed E-state index contributed by atoms with van der Waals surface area (Å²) in [5, 5.41) is 10.2. The molecule has 0 bridgehead atoms. The van der Waals surface area contributed by atoms with Crippen molar-refractivity contribution in [2.45, 2.75) is 45.3 Å². The highest BCUT2D eigenvalue weighted by Gasteiger charge is 2.42. The van der Waals surface area contributed by atoms with Crippen molar-refractivity contribution >= 4 is 17.7 Å². The smallest absolute Gasteiger partial charge is 0.312 e. The van der Waals surface area contributed by atoms with E-state index in [9.17, 15) is 9.90 Å². The van der Waals surface area contributed by atoms with Gasteiger partial charge in [0.05, 0.1) is 11.5 Å². The van der Waals surface area contributed by atoms with Gasteiger partial charge in [0.15, 0.2) is 0 Å². The Labute approximate surface area is 95.6 Å². The fourth-order valence-corrected chi connectivity index (χ4v) is 2.91. The first-order valence-corrected chi connectivity index (χ1v) is 6.43. The summed E-state index contributed by atoms with van der Waals surface area (Å²) >= 11 is 1.69. The van der Waals surface area contributed by atoms with Gasteiger partial charge in [-0.2, -0.15) is 11.8 Å². The van der Waals surface area contributed by atoms with Gasteiger partial charge in [-0.05, 0) is 39.9 Å². The number of aliphatic hydroxyl groups is 1. The highest BCUT2D eigenvalue weighted by molar-refractivity contribution is 7.99. The third kappa shape index (κ3) is 3.38. The van der Waals surface area contributed by atoms with Crippen molar-refractivity contribution in [1.82, 2.24) is 0 Å². The zero-order valence-corrected chi connectivity index (χ0v) is 10.7. The molecule has 15 heavy (non-hydrogen) atoms. The van der Waals surface area contributed by atoms with Crippen molar-refractivity contribution in [2.75, 3.05) is 11.5 Å². The van der Waals surface area contributed by atoms with Crippen molar-refractivity contribution in [3.63, 3.8) is 0 Å². The molecular formula is C11H20O3S. The third-order valence-corrected chi connectivity index (χ3v) is 3.79. The van der Waals surface area contributed by atoms with E-state index in [2.05, 4.69) is 0 Å². The molecule has 0 amide bonds. The van der Waals surface area contributed by atoms with Crippen LogP contribution in [-0.4, -0.2) is 33.8 Å². The molecule has 4 heteroatoms. The van der Waals surface area contributed by atoms with Gasteiger partial charge in [-0.15, -0.1) is 0 Å². The second-order valence-electron chi connectivity index (χ2n) is 5.16. The van der Waals surface area contributed by atoms with Gasteiger partial charge in [0.2, 0.25) is 0 Å². The summed E-state index contributed by atoms with van der Waals surface area (Å²) in [7, 11) is 0. The maximum atomic E-state index is 11.8. The Morgan fingerprint density at radius 1 is 1.53 bits per heavy atom. The number of hydrogen-bond acceptors (Lipinski definition) is 4. The number of hydrogen-bond donors (Lipinski definition) is 1. The van der Waals surface area contributed by atoms with E-state index in [4.69, 9.17) is 4.74 Å². The fraction of sp³-hybridized carbons (Fsp3) is 0.909. The quantitative estimate of drug-likeness (QED) is 0.738. The van der Waals surface area contributed by atoms with Gasteiger partial charge in [0.1, 0.15) is 5.60 Å². The summed E-state index contributed by atoms with van der Waals surface area (Å²) in [5.74, 6) is 0.816. The van der Waals surface area contributed by atoms with Crippen LogP contribution < -0.4 is 0 Å². The van der Waals surface area contributed by atoms with Crippen LogP contribution in [0.2, 0.25) is 0 Å². The highest BCUT2D eigenvalue weighted by atomic mass is 32.2. The summed E-state index contributed by atoms with van der Waals surface area (Å²) in [6.07, 6.45) is 0.679. The van der Waals surface area contributed by atoms with E-state index in [1.165, 1.54) is 0 Å². The third-order valence-electron chi connectivity index (χ3n) is 2.60. The number of carbonyl (C=O) groups excluding carboxylic acids is 1. The first-order valence-electron chi connectivity index (χ1n) is 5.28. The van der Waals surface area contributed by atoms with E-state index in [0.29, 0.717) is 12.2 Å². The lowest BCUT2D eigenvalue weighted by Gasteiger charge is -2.30. The second-order valence-corrected chi connectivity index (χ2v) is 6.27. The number of carbonyl (C=O) groups is 1. The maximum absolute atomic E-state index is 11.8. The van der Waals surface area contributed by atoms with Gasteiger partial charge in [0.25, 0.3) is 0 Å². The van der Waals surface area contributed by atoms with Crippen LogP contribution in [0.4, 0.5) is 0 Å². The molecule has 2 unspecified atom stereocenters. The molecule has 0 spiro atoms. The van der Waals surface area contributed by atoms with Crippen molar-refractivity contribution in [3.8, 4) is 0 Å². The van der Waals surface area contributed by atoms with Crippen LogP contribution in [0.25, 0.3) is 0 Å². The maximum Gasteiger partial charge on any atom is 0.312 e. The van der Waals surface area contributed by atoms with E-state index >= 15 is 0 Å². The Kier molecular flexibility index (Phi) is 3.71. The molecule has 1 aliphatic heterocycles. The summed E-state index contributed by atoms with van der Waals surface area (Å²) in [5.41, 5.74) is -1.35. The Morgan fingerprint density at radius 2 is 2.13 bits per heavy atom. The lowest BCUT2D eigenvalue weighted by molar-refractivity contribution is -0.167. The topological polar surface area (TPSA) is 46.5 Å². The van der Waals surface area contributed by atoms with Gasteiger partial charge in [0, 0.05) is 5.75 Å². The van der Waals surface area contributed by atoms with Crippen molar-refractivity contribution < 1.29 is 14.6 Å². The Hall–Kier alpha value is -0.220. The molecule has 88 valence electrons. The molecule has 0 saturated carbocycles. The standard InChI is InChI=1S/C11H20O3S/c1-8(9(12)14-10(2,3)4)11(13)5-6-15-7-11/h8,13H,5-7H2,1-4H3. The SMILES string of the molecule is CC(C(=O)OC(C)(C)C)C1(O)CCSC1. The Balaban J connectivity index is 2.60. The van der Waals surface area contributed by atoms with Crippen LogP contribution in [0.15, 0.2) is 0 Å². The van der Waals surface area contributed by atoms with Gasteiger partial charge >= 0.3 is 5.97 Å².